The van der Waals surface area contributed by atoms with Crippen LogP contribution in [0.15, 0.2) is 58.7 Å². The van der Waals surface area contributed by atoms with Crippen LogP contribution < -0.4 is 4.90 Å². The quantitative estimate of drug-likeness (QED) is 0.508. The molecule has 7 heteroatoms. The maximum atomic E-state index is 12.6. The number of benzene rings is 1. The van der Waals surface area contributed by atoms with Gasteiger partial charge in [0.1, 0.15) is 0 Å². The first kappa shape index (κ1) is 18.0. The molecular formula is C20H20N4OS2. The summed E-state index contributed by atoms with van der Waals surface area (Å²) in [4.78, 5) is 20.2. The van der Waals surface area contributed by atoms with E-state index in [0.29, 0.717) is 10.9 Å². The van der Waals surface area contributed by atoms with Crippen molar-refractivity contribution in [1.82, 2.24) is 15.2 Å². The lowest BCUT2D eigenvalue weighted by molar-refractivity contribution is -0.112. The zero-order valence-electron chi connectivity index (χ0n) is 15.4. The highest BCUT2D eigenvalue weighted by Crippen LogP contribution is 2.46. The second kappa shape index (κ2) is 6.98. The molecule has 1 aromatic carbocycles. The van der Waals surface area contributed by atoms with E-state index < -0.39 is 0 Å². The number of allylic oxidation sites excluding steroid dienone is 2. The lowest BCUT2D eigenvalue weighted by Gasteiger charge is -2.23. The van der Waals surface area contributed by atoms with Crippen LogP contribution in [0.1, 0.15) is 19.4 Å². The van der Waals surface area contributed by atoms with Crippen LogP contribution in [0.25, 0.3) is 10.7 Å². The Labute approximate surface area is 166 Å². The molecule has 5 nitrogen and oxygen atoms in total. The van der Waals surface area contributed by atoms with E-state index in [1.54, 1.807) is 17.4 Å². The van der Waals surface area contributed by atoms with Crippen LogP contribution in [0.2, 0.25) is 0 Å². The Morgan fingerprint density at radius 2 is 2.11 bits per heavy atom. The molecule has 27 heavy (non-hydrogen) atoms. The molecule has 0 amide bonds. The molecule has 0 unspecified atom stereocenters. The summed E-state index contributed by atoms with van der Waals surface area (Å²) in [7, 11) is 2.02. The van der Waals surface area contributed by atoms with Gasteiger partial charge >= 0.3 is 0 Å². The van der Waals surface area contributed by atoms with Gasteiger partial charge in [-0.15, -0.1) is 16.4 Å². The van der Waals surface area contributed by atoms with E-state index in [0.717, 1.165) is 22.1 Å². The van der Waals surface area contributed by atoms with Gasteiger partial charge in [-0.05, 0) is 23.1 Å². The highest BCUT2D eigenvalue weighted by molar-refractivity contribution is 7.99. The largest absolute Gasteiger partial charge is 0.347 e. The number of aromatic amines is 1. The topological polar surface area (TPSA) is 61.9 Å². The highest BCUT2D eigenvalue weighted by atomic mass is 32.2. The van der Waals surface area contributed by atoms with Crippen molar-refractivity contribution in [3.63, 3.8) is 0 Å². The number of hydrogen-bond donors (Lipinski definition) is 1. The summed E-state index contributed by atoms with van der Waals surface area (Å²) in [6.45, 7) is 4.31. The number of aromatic nitrogens is 3. The van der Waals surface area contributed by atoms with Crippen molar-refractivity contribution in [2.24, 2.45) is 0 Å². The minimum Gasteiger partial charge on any atom is -0.347 e. The predicted octanol–water partition coefficient (Wildman–Crippen LogP) is 4.51. The number of rotatable bonds is 5. The van der Waals surface area contributed by atoms with Crippen LogP contribution in [0.5, 0.6) is 0 Å². The van der Waals surface area contributed by atoms with Crippen molar-refractivity contribution in [2.75, 3.05) is 17.7 Å². The molecule has 0 spiro atoms. The Bertz CT molecular complexity index is 1000. The van der Waals surface area contributed by atoms with E-state index in [9.17, 15) is 4.79 Å². The number of hydrogen-bond acceptors (Lipinski definition) is 6. The van der Waals surface area contributed by atoms with Crippen molar-refractivity contribution in [3.05, 3.63) is 59.1 Å². The summed E-state index contributed by atoms with van der Waals surface area (Å²) in [6, 6.07) is 12.3. The average Bonchev–Trinajstić information content (AvgIpc) is 3.37. The Morgan fingerprint density at radius 3 is 2.85 bits per heavy atom. The second-order valence-electron chi connectivity index (χ2n) is 6.93. The van der Waals surface area contributed by atoms with Crippen LogP contribution >= 0.6 is 23.1 Å². The number of carbonyl (C=O) groups is 1. The van der Waals surface area contributed by atoms with E-state index in [4.69, 9.17) is 0 Å². The van der Waals surface area contributed by atoms with Gasteiger partial charge in [0.2, 0.25) is 5.16 Å². The minimum atomic E-state index is -0.192. The van der Waals surface area contributed by atoms with Gasteiger partial charge in [-0.2, -0.15) is 0 Å². The number of fused-ring (bicyclic) bond motifs is 1. The minimum absolute atomic E-state index is 0.0604. The number of para-hydroxylation sites is 1. The number of nitrogens with one attached hydrogen (secondary N) is 1. The van der Waals surface area contributed by atoms with Crippen LogP contribution in [-0.4, -0.2) is 33.8 Å². The summed E-state index contributed by atoms with van der Waals surface area (Å²) >= 11 is 2.96. The molecule has 1 N–H and O–H groups in total. The highest BCUT2D eigenvalue weighted by Gasteiger charge is 2.38. The SMILES string of the molecule is CN1/C(=C\C(=O)CSc2n[nH]c(-c3cccs3)n2)C(C)(C)c2ccccc21. The van der Waals surface area contributed by atoms with Crippen molar-refractivity contribution < 1.29 is 4.79 Å². The number of ketones is 1. The summed E-state index contributed by atoms with van der Waals surface area (Å²) in [5, 5.41) is 9.72. The number of carbonyl (C=O) groups excluding carboxylic acids is 1. The molecule has 3 aromatic rings. The molecule has 0 saturated carbocycles. The Hall–Kier alpha value is -2.38. The summed E-state index contributed by atoms with van der Waals surface area (Å²) in [6.07, 6.45) is 1.76. The number of thioether (sulfide) groups is 1. The van der Waals surface area contributed by atoms with Crippen molar-refractivity contribution in [1.29, 1.82) is 0 Å². The van der Waals surface area contributed by atoms with Crippen molar-refractivity contribution in [3.8, 4) is 10.7 Å². The third-order valence-corrected chi connectivity index (χ3v) is 6.55. The lowest BCUT2D eigenvalue weighted by Crippen LogP contribution is -2.24. The maximum Gasteiger partial charge on any atom is 0.209 e. The van der Waals surface area contributed by atoms with E-state index in [-0.39, 0.29) is 11.2 Å². The summed E-state index contributed by atoms with van der Waals surface area (Å²) in [5.74, 6) is 1.11. The van der Waals surface area contributed by atoms with Crippen molar-refractivity contribution in [2.45, 2.75) is 24.4 Å². The Morgan fingerprint density at radius 1 is 1.30 bits per heavy atom. The molecule has 0 bridgehead atoms. The third-order valence-electron chi connectivity index (χ3n) is 4.80. The van der Waals surface area contributed by atoms with Crippen LogP contribution in [0.3, 0.4) is 0 Å². The molecule has 0 fully saturated rings. The number of likely N-dealkylation sites (N-methyl/N-ethyl adjacent to an activating group) is 1. The monoisotopic (exact) mass is 396 g/mol. The normalized spacial score (nSPS) is 16.7. The smallest absolute Gasteiger partial charge is 0.209 e. The van der Waals surface area contributed by atoms with Gasteiger partial charge in [0.15, 0.2) is 11.6 Å². The molecule has 0 saturated heterocycles. The molecule has 0 radical (unpaired) electrons. The molecule has 4 rings (SSSR count). The van der Waals surface area contributed by atoms with E-state index in [1.807, 2.05) is 36.7 Å². The Kier molecular flexibility index (Phi) is 4.65. The molecule has 0 aliphatic carbocycles. The first-order valence-corrected chi connectivity index (χ1v) is 10.5. The van der Waals surface area contributed by atoms with E-state index >= 15 is 0 Å². The van der Waals surface area contributed by atoms with Crippen LogP contribution in [0, 0.1) is 0 Å². The summed E-state index contributed by atoms with van der Waals surface area (Å²) in [5.41, 5.74) is 3.23. The lowest BCUT2D eigenvalue weighted by atomic mass is 9.83. The summed E-state index contributed by atoms with van der Waals surface area (Å²) < 4.78 is 0. The van der Waals surface area contributed by atoms with Gasteiger partial charge in [0.25, 0.3) is 0 Å². The van der Waals surface area contributed by atoms with Crippen molar-refractivity contribution >= 4 is 34.6 Å². The first-order valence-electron chi connectivity index (χ1n) is 8.64. The number of nitrogens with zero attached hydrogens (tertiary/aromatic N) is 3. The number of H-pyrrole nitrogens is 1. The molecule has 0 atom stereocenters. The predicted molar refractivity (Wildman–Crippen MR) is 111 cm³/mol. The van der Waals surface area contributed by atoms with Crippen LogP contribution in [0.4, 0.5) is 5.69 Å². The molecule has 138 valence electrons. The molecule has 1 aliphatic rings. The van der Waals surface area contributed by atoms with Gasteiger partial charge in [0, 0.05) is 29.9 Å². The van der Waals surface area contributed by atoms with Crippen LogP contribution in [-0.2, 0) is 10.2 Å². The molecular weight excluding hydrogens is 376 g/mol. The zero-order valence-corrected chi connectivity index (χ0v) is 17.0. The first-order chi connectivity index (χ1) is 13.0. The fourth-order valence-electron chi connectivity index (χ4n) is 3.42. The standard InChI is InChI=1S/C20H20N4OS2/c1-20(2)14-7-4-5-8-15(14)24(3)17(20)11-13(25)12-27-19-21-18(22-23-19)16-9-6-10-26-16/h4-11H,12H2,1-3H3,(H,21,22,23)/b17-11-. The van der Waals surface area contributed by atoms with E-state index in [1.165, 1.54) is 17.3 Å². The number of anilines is 1. The molecule has 3 heterocycles. The maximum absolute atomic E-state index is 12.6. The average molecular weight is 397 g/mol. The molecule has 2 aromatic heterocycles. The van der Waals surface area contributed by atoms with Gasteiger partial charge < -0.3 is 4.90 Å². The molecule has 1 aliphatic heterocycles. The fraction of sp³-hybridized carbons (Fsp3) is 0.250. The fourth-order valence-corrected chi connectivity index (χ4v) is 4.71. The zero-order chi connectivity index (χ0) is 19.0. The van der Waals surface area contributed by atoms with Gasteiger partial charge in [-0.25, -0.2) is 4.98 Å². The Balaban J connectivity index is 1.47. The second-order valence-corrected chi connectivity index (χ2v) is 8.82. The van der Waals surface area contributed by atoms with Gasteiger partial charge in [0.05, 0.1) is 10.6 Å². The van der Waals surface area contributed by atoms with Gasteiger partial charge in [-0.1, -0.05) is 49.9 Å². The number of thiophene rings is 1. The van der Waals surface area contributed by atoms with E-state index in [2.05, 4.69) is 46.1 Å². The van der Waals surface area contributed by atoms with Gasteiger partial charge in [-0.3, -0.25) is 9.89 Å². The third kappa shape index (κ3) is 3.33.